The standard InChI is InChI=1S/C26H33N7O4S/c1-26(2)36-20-16(24(34)27-10-11-35-3)13-18(21(20)37-26)33-23-19(31-32-33)22(29-25(30-23)38-4)28-17-12-15(17)14-8-6-5-7-9-14/h5-9,15-18,20-21H,10-13H2,1-4H3,(H,27,34)(H,28,29,30). The number of hydrogen-bond acceptors (Lipinski definition) is 10. The van der Waals surface area contributed by atoms with Crippen LogP contribution in [0.3, 0.4) is 0 Å². The number of methoxy groups -OCH3 is 1. The second kappa shape index (κ2) is 10.1. The molecule has 6 unspecified atom stereocenters. The first-order chi connectivity index (χ1) is 18.4. The maximum atomic E-state index is 13.1. The van der Waals surface area contributed by atoms with Crippen LogP contribution in [-0.4, -0.2) is 81.4 Å². The first kappa shape index (κ1) is 25.5. The number of fused-ring (bicyclic) bond motifs is 2. The zero-order valence-electron chi connectivity index (χ0n) is 22.0. The smallest absolute Gasteiger partial charge is 0.226 e. The Hall–Kier alpha value is -2.80. The van der Waals surface area contributed by atoms with Gasteiger partial charge in [-0.25, -0.2) is 14.6 Å². The number of thioether (sulfide) groups is 1. The number of benzene rings is 1. The summed E-state index contributed by atoms with van der Waals surface area (Å²) in [7, 11) is 1.61. The van der Waals surface area contributed by atoms with E-state index in [-0.39, 0.29) is 30.0 Å². The predicted octanol–water partition coefficient (Wildman–Crippen LogP) is 2.75. The molecular formula is C26H33N7O4S. The fourth-order valence-electron chi connectivity index (χ4n) is 5.68. The molecule has 6 atom stereocenters. The molecule has 1 aliphatic heterocycles. The van der Waals surface area contributed by atoms with Gasteiger partial charge < -0.3 is 24.8 Å². The number of amides is 1. The Morgan fingerprint density at radius 1 is 1.18 bits per heavy atom. The topological polar surface area (TPSA) is 125 Å². The molecule has 2 aromatic heterocycles. The third kappa shape index (κ3) is 4.74. The van der Waals surface area contributed by atoms with E-state index < -0.39 is 11.9 Å². The summed E-state index contributed by atoms with van der Waals surface area (Å²) < 4.78 is 19.4. The molecule has 12 heteroatoms. The second-order valence-corrected chi connectivity index (χ2v) is 11.3. The van der Waals surface area contributed by atoms with Gasteiger partial charge in [0.25, 0.3) is 0 Å². The van der Waals surface area contributed by atoms with Crippen molar-refractivity contribution < 1.29 is 19.0 Å². The van der Waals surface area contributed by atoms with Crippen molar-refractivity contribution in [3.8, 4) is 0 Å². The van der Waals surface area contributed by atoms with Crippen LogP contribution in [0.2, 0.25) is 0 Å². The number of carbonyl (C=O) groups excluding carboxylic acids is 1. The molecule has 202 valence electrons. The second-order valence-electron chi connectivity index (χ2n) is 10.5. The van der Waals surface area contributed by atoms with Gasteiger partial charge in [0, 0.05) is 25.6 Å². The van der Waals surface area contributed by atoms with Crippen LogP contribution in [0, 0.1) is 5.92 Å². The van der Waals surface area contributed by atoms with Gasteiger partial charge in [-0.15, -0.1) is 5.10 Å². The fourth-order valence-corrected chi connectivity index (χ4v) is 6.04. The first-order valence-corrected chi connectivity index (χ1v) is 14.2. The molecule has 2 N–H and O–H groups in total. The number of nitrogens with one attached hydrogen (secondary N) is 2. The minimum atomic E-state index is -0.806. The van der Waals surface area contributed by atoms with Crippen molar-refractivity contribution in [2.45, 2.75) is 67.8 Å². The van der Waals surface area contributed by atoms with Gasteiger partial charge in [0.15, 0.2) is 27.9 Å². The number of hydrogen-bond donors (Lipinski definition) is 2. The summed E-state index contributed by atoms with van der Waals surface area (Å²) >= 11 is 1.47. The fraction of sp³-hybridized carbons (Fsp3) is 0.577. The van der Waals surface area contributed by atoms with E-state index in [9.17, 15) is 4.79 Å². The monoisotopic (exact) mass is 539 g/mol. The molecule has 6 rings (SSSR count). The van der Waals surface area contributed by atoms with E-state index in [1.165, 1.54) is 17.3 Å². The number of aromatic nitrogens is 5. The molecule has 0 bridgehead atoms. The zero-order chi connectivity index (χ0) is 26.4. The summed E-state index contributed by atoms with van der Waals surface area (Å²) in [6.45, 7) is 4.63. The summed E-state index contributed by atoms with van der Waals surface area (Å²) in [6.07, 6.45) is 2.73. The highest BCUT2D eigenvalue weighted by Gasteiger charge is 2.57. The largest absolute Gasteiger partial charge is 0.383 e. The van der Waals surface area contributed by atoms with Gasteiger partial charge in [-0.3, -0.25) is 4.79 Å². The van der Waals surface area contributed by atoms with Crippen LogP contribution in [0.25, 0.3) is 11.2 Å². The summed E-state index contributed by atoms with van der Waals surface area (Å²) in [6, 6.07) is 10.5. The molecule has 2 saturated carbocycles. The van der Waals surface area contributed by atoms with E-state index in [0.717, 1.165) is 6.42 Å². The van der Waals surface area contributed by atoms with E-state index in [4.69, 9.17) is 24.2 Å². The lowest BCUT2D eigenvalue weighted by molar-refractivity contribution is -0.163. The highest BCUT2D eigenvalue weighted by Crippen LogP contribution is 2.48. The predicted molar refractivity (Wildman–Crippen MR) is 142 cm³/mol. The molecule has 3 fully saturated rings. The maximum Gasteiger partial charge on any atom is 0.226 e. The van der Waals surface area contributed by atoms with Gasteiger partial charge in [-0.2, -0.15) is 0 Å². The highest BCUT2D eigenvalue weighted by atomic mass is 32.2. The van der Waals surface area contributed by atoms with Crippen LogP contribution in [-0.2, 0) is 19.0 Å². The minimum Gasteiger partial charge on any atom is -0.383 e. The third-order valence-corrected chi connectivity index (χ3v) is 8.06. The minimum absolute atomic E-state index is 0.0762. The Labute approximate surface area is 225 Å². The Bertz CT molecular complexity index is 1320. The van der Waals surface area contributed by atoms with Gasteiger partial charge in [0.2, 0.25) is 5.91 Å². The molecule has 1 amide bonds. The Kier molecular flexibility index (Phi) is 6.75. The molecule has 11 nitrogen and oxygen atoms in total. The Morgan fingerprint density at radius 2 is 1.97 bits per heavy atom. The van der Waals surface area contributed by atoms with Gasteiger partial charge in [0.05, 0.1) is 18.6 Å². The molecule has 3 aromatic rings. The lowest BCUT2D eigenvalue weighted by Crippen LogP contribution is -2.39. The maximum absolute atomic E-state index is 13.1. The van der Waals surface area contributed by atoms with E-state index >= 15 is 0 Å². The van der Waals surface area contributed by atoms with Crippen molar-refractivity contribution >= 4 is 34.7 Å². The number of anilines is 1. The van der Waals surface area contributed by atoms with Gasteiger partial charge >= 0.3 is 0 Å². The van der Waals surface area contributed by atoms with Crippen LogP contribution in [0.4, 0.5) is 5.82 Å². The number of carbonyl (C=O) groups is 1. The van der Waals surface area contributed by atoms with Crippen molar-refractivity contribution in [2.75, 3.05) is 31.8 Å². The Balaban J connectivity index is 1.29. The van der Waals surface area contributed by atoms with E-state index in [1.807, 2.05) is 26.2 Å². The van der Waals surface area contributed by atoms with Crippen LogP contribution < -0.4 is 10.6 Å². The lowest BCUT2D eigenvalue weighted by atomic mass is 10.0. The van der Waals surface area contributed by atoms with Gasteiger partial charge in [0.1, 0.15) is 12.2 Å². The average molecular weight is 540 g/mol. The first-order valence-electron chi connectivity index (χ1n) is 13.0. The van der Waals surface area contributed by atoms with Crippen molar-refractivity contribution in [1.82, 2.24) is 30.3 Å². The van der Waals surface area contributed by atoms with Crippen molar-refractivity contribution in [1.29, 1.82) is 0 Å². The van der Waals surface area contributed by atoms with Gasteiger partial charge in [-0.05, 0) is 38.5 Å². The molecule has 3 heterocycles. The molecule has 1 saturated heterocycles. The van der Waals surface area contributed by atoms with E-state index in [2.05, 4.69) is 45.2 Å². The van der Waals surface area contributed by atoms with Crippen LogP contribution in [0.5, 0.6) is 0 Å². The molecule has 2 aliphatic carbocycles. The van der Waals surface area contributed by atoms with Crippen LogP contribution >= 0.6 is 11.8 Å². The third-order valence-electron chi connectivity index (χ3n) is 7.52. The number of rotatable bonds is 9. The van der Waals surface area contributed by atoms with Gasteiger partial charge in [-0.1, -0.05) is 47.3 Å². The molecule has 1 aromatic carbocycles. The number of nitrogens with zero attached hydrogens (tertiary/aromatic N) is 5. The van der Waals surface area contributed by atoms with Crippen molar-refractivity contribution in [3.63, 3.8) is 0 Å². The summed E-state index contributed by atoms with van der Waals surface area (Å²) in [5.41, 5.74) is 2.56. The van der Waals surface area contributed by atoms with Crippen molar-refractivity contribution in [2.24, 2.45) is 5.92 Å². The average Bonchev–Trinajstić information content (AvgIpc) is 3.23. The molecule has 0 spiro atoms. The molecule has 3 aliphatic rings. The summed E-state index contributed by atoms with van der Waals surface area (Å²) in [4.78, 5) is 22.6. The zero-order valence-corrected chi connectivity index (χ0v) is 22.8. The summed E-state index contributed by atoms with van der Waals surface area (Å²) in [5.74, 6) is -0.150. The van der Waals surface area contributed by atoms with Crippen LogP contribution in [0.1, 0.15) is 44.2 Å². The quantitative estimate of drug-likeness (QED) is 0.238. The highest BCUT2D eigenvalue weighted by molar-refractivity contribution is 7.98. The lowest BCUT2D eigenvalue weighted by Gasteiger charge is -2.23. The van der Waals surface area contributed by atoms with E-state index in [1.54, 1.807) is 11.8 Å². The molecule has 0 radical (unpaired) electrons. The molecular weight excluding hydrogens is 506 g/mol. The Morgan fingerprint density at radius 3 is 2.74 bits per heavy atom. The summed E-state index contributed by atoms with van der Waals surface area (Å²) in [5, 5.41) is 16.2. The normalized spacial score (nSPS) is 29.4. The van der Waals surface area contributed by atoms with Crippen LogP contribution in [0.15, 0.2) is 35.5 Å². The SMILES string of the molecule is COCCNC(=O)C1CC(n2nnc3c(NC4CC4c4ccccc4)nc(SC)nc32)C2OC(C)(C)OC12. The van der Waals surface area contributed by atoms with E-state index in [0.29, 0.717) is 47.6 Å². The van der Waals surface area contributed by atoms with Crippen molar-refractivity contribution in [3.05, 3.63) is 35.9 Å². The molecule has 38 heavy (non-hydrogen) atoms. The number of ether oxygens (including phenoxy) is 3.